The minimum absolute atomic E-state index is 0.0293. The first kappa shape index (κ1) is 19.7. The second kappa shape index (κ2) is 7.89. The minimum atomic E-state index is -0.937. The molecule has 3 amide bonds. The topological polar surface area (TPSA) is 78.9 Å². The van der Waals surface area contributed by atoms with Gasteiger partial charge in [-0.15, -0.1) is 0 Å². The molecule has 0 aromatic heterocycles. The Kier molecular flexibility index (Phi) is 5.75. The molecular formula is C21H30N2O4. The van der Waals surface area contributed by atoms with E-state index in [1.54, 1.807) is 0 Å². The zero-order valence-corrected chi connectivity index (χ0v) is 16.5. The first-order valence-corrected chi connectivity index (χ1v) is 9.83. The molecule has 6 nitrogen and oxygen atoms in total. The molecule has 0 radical (unpaired) electrons. The number of carbonyl (C=O) groups excluding carboxylic acids is 2. The molecule has 0 bridgehead atoms. The molecule has 3 rings (SSSR count). The molecule has 2 atom stereocenters. The van der Waals surface area contributed by atoms with Gasteiger partial charge in [0.1, 0.15) is 24.0 Å². The number of hydrogen-bond donors (Lipinski definition) is 2. The molecule has 2 fully saturated rings. The van der Waals surface area contributed by atoms with Crippen LogP contribution in [0.15, 0.2) is 18.2 Å². The Morgan fingerprint density at radius 1 is 1.26 bits per heavy atom. The number of benzene rings is 1. The van der Waals surface area contributed by atoms with Gasteiger partial charge in [0.2, 0.25) is 0 Å². The van der Waals surface area contributed by atoms with Crippen LogP contribution < -0.4 is 10.1 Å². The molecule has 148 valence electrons. The van der Waals surface area contributed by atoms with E-state index in [0.717, 1.165) is 41.7 Å². The Morgan fingerprint density at radius 3 is 2.67 bits per heavy atom. The van der Waals surface area contributed by atoms with Crippen molar-refractivity contribution in [1.29, 1.82) is 0 Å². The Morgan fingerprint density at radius 2 is 1.96 bits per heavy atom. The quantitative estimate of drug-likeness (QED) is 0.751. The van der Waals surface area contributed by atoms with Crippen LogP contribution in [0, 0.1) is 19.8 Å². The molecule has 1 saturated heterocycles. The number of amides is 3. The molecule has 2 N–H and O–H groups in total. The number of aliphatic hydroxyl groups excluding tert-OH is 1. The van der Waals surface area contributed by atoms with Crippen LogP contribution in [-0.2, 0) is 4.79 Å². The van der Waals surface area contributed by atoms with Crippen molar-refractivity contribution in [3.63, 3.8) is 0 Å². The largest absolute Gasteiger partial charge is 0.491 e. The highest BCUT2D eigenvalue weighted by Crippen LogP contribution is 2.36. The molecule has 0 unspecified atom stereocenters. The maximum Gasteiger partial charge on any atom is 0.325 e. The van der Waals surface area contributed by atoms with E-state index < -0.39 is 17.7 Å². The summed E-state index contributed by atoms with van der Waals surface area (Å²) in [6, 6.07) is 5.46. The average molecular weight is 374 g/mol. The fourth-order valence-corrected chi connectivity index (χ4v) is 4.15. The van der Waals surface area contributed by atoms with Crippen molar-refractivity contribution in [1.82, 2.24) is 10.2 Å². The number of ether oxygens (including phenoxy) is 1. The van der Waals surface area contributed by atoms with Gasteiger partial charge in [0.05, 0.1) is 6.54 Å². The van der Waals surface area contributed by atoms with Gasteiger partial charge in [-0.25, -0.2) is 4.79 Å². The Bertz CT molecular complexity index is 714. The van der Waals surface area contributed by atoms with Crippen LogP contribution in [-0.4, -0.2) is 46.7 Å². The molecule has 6 heteroatoms. The van der Waals surface area contributed by atoms with Gasteiger partial charge in [0, 0.05) is 0 Å². The van der Waals surface area contributed by atoms with Gasteiger partial charge in [0.25, 0.3) is 5.91 Å². The van der Waals surface area contributed by atoms with E-state index in [1.807, 2.05) is 39.0 Å². The molecule has 1 heterocycles. The normalized spacial score (nSPS) is 24.8. The van der Waals surface area contributed by atoms with Crippen LogP contribution in [0.1, 0.15) is 50.2 Å². The van der Waals surface area contributed by atoms with Crippen molar-refractivity contribution >= 4 is 11.9 Å². The van der Waals surface area contributed by atoms with E-state index in [0.29, 0.717) is 5.75 Å². The number of hydrogen-bond acceptors (Lipinski definition) is 4. The third-order valence-electron chi connectivity index (χ3n) is 5.89. The first-order chi connectivity index (χ1) is 12.8. The Balaban J connectivity index is 1.60. The van der Waals surface area contributed by atoms with Crippen LogP contribution >= 0.6 is 0 Å². The summed E-state index contributed by atoms with van der Waals surface area (Å²) in [6.07, 6.45) is 4.34. The predicted molar refractivity (Wildman–Crippen MR) is 103 cm³/mol. The number of imide groups is 1. The molecule has 0 spiro atoms. The van der Waals surface area contributed by atoms with Crippen molar-refractivity contribution < 1.29 is 19.4 Å². The zero-order chi connectivity index (χ0) is 19.6. The zero-order valence-electron chi connectivity index (χ0n) is 16.5. The third-order valence-corrected chi connectivity index (χ3v) is 5.89. The van der Waals surface area contributed by atoms with E-state index in [9.17, 15) is 14.7 Å². The highest BCUT2D eigenvalue weighted by molar-refractivity contribution is 6.07. The second-order valence-electron chi connectivity index (χ2n) is 8.12. The van der Waals surface area contributed by atoms with Crippen molar-refractivity contribution in [2.45, 2.75) is 64.5 Å². The van der Waals surface area contributed by atoms with E-state index in [4.69, 9.17) is 4.74 Å². The third kappa shape index (κ3) is 4.10. The van der Waals surface area contributed by atoms with Gasteiger partial charge in [0.15, 0.2) is 0 Å². The van der Waals surface area contributed by atoms with E-state index in [2.05, 4.69) is 5.32 Å². The molecule has 1 aromatic carbocycles. The van der Waals surface area contributed by atoms with Crippen LogP contribution in [0.5, 0.6) is 5.75 Å². The number of nitrogens with one attached hydrogen (secondary N) is 1. The average Bonchev–Trinajstić information content (AvgIpc) is 2.87. The van der Waals surface area contributed by atoms with Crippen LogP contribution in [0.4, 0.5) is 4.79 Å². The lowest BCUT2D eigenvalue weighted by Crippen LogP contribution is -2.51. The van der Waals surface area contributed by atoms with Crippen LogP contribution in [0.25, 0.3) is 0 Å². The molecule has 2 aliphatic rings. The van der Waals surface area contributed by atoms with Crippen LogP contribution in [0.2, 0.25) is 0 Å². The number of aliphatic hydroxyl groups is 1. The summed E-state index contributed by atoms with van der Waals surface area (Å²) in [4.78, 5) is 26.5. The maximum atomic E-state index is 12.9. The number of β-amino-alcohol motifs (C(OH)–C–C–N with tert-alkyl or cyclic N) is 1. The molecule has 1 saturated carbocycles. The van der Waals surface area contributed by atoms with Crippen molar-refractivity contribution in [3.8, 4) is 5.75 Å². The van der Waals surface area contributed by atoms with Gasteiger partial charge in [-0.2, -0.15) is 0 Å². The summed E-state index contributed by atoms with van der Waals surface area (Å²) in [6.45, 7) is 5.71. The molecule has 1 aliphatic heterocycles. The van der Waals surface area contributed by atoms with E-state index in [1.165, 1.54) is 6.42 Å². The minimum Gasteiger partial charge on any atom is -0.491 e. The van der Waals surface area contributed by atoms with Crippen molar-refractivity contribution in [2.75, 3.05) is 13.2 Å². The highest BCUT2D eigenvalue weighted by Gasteiger charge is 2.52. The van der Waals surface area contributed by atoms with Crippen LogP contribution in [0.3, 0.4) is 0 Å². The number of carbonyl (C=O) groups is 2. The highest BCUT2D eigenvalue weighted by atomic mass is 16.5. The van der Waals surface area contributed by atoms with Gasteiger partial charge in [-0.3, -0.25) is 9.69 Å². The summed E-state index contributed by atoms with van der Waals surface area (Å²) in [7, 11) is 0. The number of aryl methyl sites for hydroxylation is 2. The summed E-state index contributed by atoms with van der Waals surface area (Å²) in [5.74, 6) is 0.638. The van der Waals surface area contributed by atoms with Gasteiger partial charge in [-0.05, 0) is 56.7 Å². The second-order valence-corrected chi connectivity index (χ2v) is 8.12. The summed E-state index contributed by atoms with van der Waals surface area (Å²) >= 11 is 0. The lowest BCUT2D eigenvalue weighted by Gasteiger charge is -2.34. The standard InChI is InChI=1S/C21H30N2O4/c1-14-9-10-15(2)18(11-14)27-13-17(24)12-23-19(25)21(3,22-20(23)26)16-7-5-4-6-8-16/h9-11,16-17,24H,4-8,12-13H2,1-3H3,(H,22,26)/t17-,21-/m1/s1. The van der Waals surface area contributed by atoms with E-state index in [-0.39, 0.29) is 25.0 Å². The summed E-state index contributed by atoms with van der Waals surface area (Å²) < 4.78 is 5.71. The van der Waals surface area contributed by atoms with Gasteiger partial charge in [-0.1, -0.05) is 31.4 Å². The molecule has 1 aliphatic carbocycles. The van der Waals surface area contributed by atoms with E-state index >= 15 is 0 Å². The maximum absolute atomic E-state index is 12.9. The lowest BCUT2D eigenvalue weighted by atomic mass is 9.75. The SMILES string of the molecule is Cc1ccc(C)c(OC[C@H](O)CN2C(=O)N[C@](C)(C3CCCCC3)C2=O)c1. The number of rotatable bonds is 6. The summed E-state index contributed by atoms with van der Waals surface area (Å²) in [5.41, 5.74) is 1.20. The number of nitrogens with zero attached hydrogens (tertiary/aromatic N) is 1. The first-order valence-electron chi connectivity index (χ1n) is 9.83. The lowest BCUT2D eigenvalue weighted by molar-refractivity contribution is -0.134. The molecule has 27 heavy (non-hydrogen) atoms. The van der Waals surface area contributed by atoms with Crippen molar-refractivity contribution in [3.05, 3.63) is 29.3 Å². The smallest absolute Gasteiger partial charge is 0.325 e. The summed E-state index contributed by atoms with van der Waals surface area (Å²) in [5, 5.41) is 13.2. The fourth-order valence-electron chi connectivity index (χ4n) is 4.15. The Hall–Kier alpha value is -2.08. The van der Waals surface area contributed by atoms with Gasteiger partial charge >= 0.3 is 6.03 Å². The molecular weight excluding hydrogens is 344 g/mol. The monoisotopic (exact) mass is 374 g/mol. The fraction of sp³-hybridized carbons (Fsp3) is 0.619. The molecule has 1 aromatic rings. The van der Waals surface area contributed by atoms with Crippen molar-refractivity contribution in [2.24, 2.45) is 5.92 Å². The number of urea groups is 1. The van der Waals surface area contributed by atoms with Gasteiger partial charge < -0.3 is 15.2 Å². The predicted octanol–water partition coefficient (Wildman–Crippen LogP) is 2.93. The Labute approximate surface area is 160 Å².